The summed E-state index contributed by atoms with van der Waals surface area (Å²) in [6.07, 6.45) is 2.97. The Bertz CT molecular complexity index is 643. The van der Waals surface area contributed by atoms with Crippen molar-refractivity contribution in [2.75, 3.05) is 24.6 Å². The molecule has 20 heavy (non-hydrogen) atoms. The predicted molar refractivity (Wildman–Crippen MR) is 72.5 cm³/mol. The van der Waals surface area contributed by atoms with Crippen molar-refractivity contribution < 1.29 is 4.74 Å². The van der Waals surface area contributed by atoms with Crippen molar-refractivity contribution in [3.63, 3.8) is 0 Å². The summed E-state index contributed by atoms with van der Waals surface area (Å²) in [6.45, 7) is 3.71. The van der Waals surface area contributed by atoms with Gasteiger partial charge in [-0.15, -0.1) is 0 Å². The Labute approximate surface area is 115 Å². The minimum absolute atomic E-state index is 0.157. The molecular weight excluding hydrogens is 258 g/mol. The predicted octanol–water partition coefficient (Wildman–Crippen LogP) is 0.446. The molecule has 2 aromatic heterocycles. The van der Waals surface area contributed by atoms with E-state index in [1.165, 1.54) is 12.4 Å². The molecule has 0 radical (unpaired) electrons. The Morgan fingerprint density at radius 1 is 1.50 bits per heavy atom. The number of hydrogen-bond donors (Lipinski definition) is 1. The van der Waals surface area contributed by atoms with Crippen LogP contribution in [-0.2, 0) is 4.74 Å². The van der Waals surface area contributed by atoms with Crippen LogP contribution in [-0.4, -0.2) is 39.6 Å². The average Bonchev–Trinajstić information content (AvgIpc) is 2.47. The third-order valence-electron chi connectivity index (χ3n) is 3.15. The van der Waals surface area contributed by atoms with Crippen molar-refractivity contribution in [3.05, 3.63) is 46.5 Å². The Balaban J connectivity index is 1.83. The maximum atomic E-state index is 11.5. The number of aryl methyl sites for hydroxylation is 1. The lowest BCUT2D eigenvalue weighted by Crippen LogP contribution is -2.40. The second-order valence-corrected chi connectivity index (χ2v) is 4.65. The molecule has 104 valence electrons. The first-order chi connectivity index (χ1) is 9.72. The van der Waals surface area contributed by atoms with Crippen molar-refractivity contribution >= 4 is 5.82 Å². The molecule has 1 N–H and O–H groups in total. The number of aromatic amines is 1. The van der Waals surface area contributed by atoms with Crippen LogP contribution in [0.15, 0.2) is 29.5 Å². The quantitative estimate of drug-likeness (QED) is 0.855. The molecule has 1 atom stereocenters. The van der Waals surface area contributed by atoms with Crippen LogP contribution in [0, 0.1) is 6.92 Å². The van der Waals surface area contributed by atoms with E-state index >= 15 is 0 Å². The Kier molecular flexibility index (Phi) is 3.42. The van der Waals surface area contributed by atoms with E-state index in [0.717, 1.165) is 12.4 Å². The van der Waals surface area contributed by atoms with Gasteiger partial charge in [0.1, 0.15) is 24.1 Å². The number of H-pyrrole nitrogens is 1. The van der Waals surface area contributed by atoms with Gasteiger partial charge in [0.25, 0.3) is 5.56 Å². The maximum Gasteiger partial charge on any atom is 0.251 e. The smallest absolute Gasteiger partial charge is 0.251 e. The largest absolute Gasteiger partial charge is 0.367 e. The normalized spacial score (nSPS) is 19.1. The zero-order chi connectivity index (χ0) is 13.9. The second kappa shape index (κ2) is 5.38. The average molecular weight is 273 g/mol. The zero-order valence-electron chi connectivity index (χ0n) is 11.1. The van der Waals surface area contributed by atoms with E-state index in [-0.39, 0.29) is 11.7 Å². The molecule has 0 amide bonds. The van der Waals surface area contributed by atoms with E-state index in [1.54, 1.807) is 13.1 Å². The molecule has 1 saturated heterocycles. The molecule has 1 fully saturated rings. The van der Waals surface area contributed by atoms with Crippen LogP contribution in [0.2, 0.25) is 0 Å². The molecule has 2 aromatic rings. The number of ether oxygens (including phenoxy) is 1. The van der Waals surface area contributed by atoms with Crippen molar-refractivity contribution in [2.24, 2.45) is 0 Å². The van der Waals surface area contributed by atoms with Gasteiger partial charge in [-0.05, 0) is 13.0 Å². The highest BCUT2D eigenvalue weighted by molar-refractivity contribution is 5.37. The first-order valence-corrected chi connectivity index (χ1v) is 6.43. The fraction of sp³-hybridized carbons (Fsp3) is 0.385. The summed E-state index contributed by atoms with van der Waals surface area (Å²) in [7, 11) is 0. The van der Waals surface area contributed by atoms with E-state index in [4.69, 9.17) is 4.74 Å². The van der Waals surface area contributed by atoms with Crippen LogP contribution in [0.3, 0.4) is 0 Å². The van der Waals surface area contributed by atoms with E-state index in [0.29, 0.717) is 24.7 Å². The molecule has 0 saturated carbocycles. The highest BCUT2D eigenvalue weighted by atomic mass is 16.5. The van der Waals surface area contributed by atoms with Crippen molar-refractivity contribution in [2.45, 2.75) is 13.0 Å². The number of rotatable bonds is 2. The second-order valence-electron chi connectivity index (χ2n) is 4.65. The lowest BCUT2D eigenvalue weighted by molar-refractivity contribution is 0.0335. The van der Waals surface area contributed by atoms with E-state index in [9.17, 15) is 4.79 Å². The molecular formula is C13H15N5O2. The molecule has 3 heterocycles. The summed E-state index contributed by atoms with van der Waals surface area (Å²) in [5.74, 6) is 1.41. The van der Waals surface area contributed by atoms with Crippen LogP contribution in [0.4, 0.5) is 5.82 Å². The highest BCUT2D eigenvalue weighted by Crippen LogP contribution is 2.21. The first-order valence-electron chi connectivity index (χ1n) is 6.43. The summed E-state index contributed by atoms with van der Waals surface area (Å²) in [5.41, 5.74) is 0.529. The minimum atomic E-state index is -0.258. The molecule has 7 heteroatoms. The highest BCUT2D eigenvalue weighted by Gasteiger charge is 2.24. The number of anilines is 1. The Morgan fingerprint density at radius 2 is 2.40 bits per heavy atom. The fourth-order valence-corrected chi connectivity index (χ4v) is 2.25. The lowest BCUT2D eigenvalue weighted by atomic mass is 10.2. The standard InChI is InChI=1S/C13H15N5O2/c1-9-6-12(19)17-13(16-9)10-7-18(4-5-20-10)11-2-3-14-8-15-11/h2-3,6,8,10H,4-5,7H2,1H3,(H,16,17,19)/t10-/m0/s1. The van der Waals surface area contributed by atoms with Gasteiger partial charge in [0, 0.05) is 24.5 Å². The number of hydrogen-bond acceptors (Lipinski definition) is 6. The van der Waals surface area contributed by atoms with Crippen LogP contribution < -0.4 is 10.5 Å². The topological polar surface area (TPSA) is 84.0 Å². The third kappa shape index (κ3) is 2.67. The van der Waals surface area contributed by atoms with Gasteiger partial charge in [-0.2, -0.15) is 0 Å². The molecule has 0 unspecified atom stereocenters. The monoisotopic (exact) mass is 273 g/mol. The molecule has 7 nitrogen and oxygen atoms in total. The fourth-order valence-electron chi connectivity index (χ4n) is 2.25. The van der Waals surface area contributed by atoms with Crippen LogP contribution >= 0.6 is 0 Å². The number of aromatic nitrogens is 4. The molecule has 1 aliphatic rings. The molecule has 1 aliphatic heterocycles. The number of morpholine rings is 1. The molecule has 0 aliphatic carbocycles. The van der Waals surface area contributed by atoms with Crippen LogP contribution in [0.5, 0.6) is 0 Å². The van der Waals surface area contributed by atoms with Gasteiger partial charge in [0.05, 0.1) is 13.2 Å². The van der Waals surface area contributed by atoms with Crippen molar-refractivity contribution in [1.82, 2.24) is 19.9 Å². The lowest BCUT2D eigenvalue weighted by Gasteiger charge is -2.33. The number of nitrogens with one attached hydrogen (secondary N) is 1. The van der Waals surface area contributed by atoms with Gasteiger partial charge >= 0.3 is 0 Å². The Hall–Kier alpha value is -2.28. The van der Waals surface area contributed by atoms with Crippen molar-refractivity contribution in [1.29, 1.82) is 0 Å². The zero-order valence-corrected chi connectivity index (χ0v) is 11.1. The van der Waals surface area contributed by atoms with E-state index in [2.05, 4.69) is 24.8 Å². The molecule has 0 aromatic carbocycles. The van der Waals surface area contributed by atoms with Gasteiger partial charge in [0.2, 0.25) is 0 Å². The minimum Gasteiger partial charge on any atom is -0.367 e. The molecule has 0 bridgehead atoms. The molecule has 0 spiro atoms. The summed E-state index contributed by atoms with van der Waals surface area (Å²) < 4.78 is 5.71. The SMILES string of the molecule is Cc1cc(=O)[nH]c([C@@H]2CN(c3ccncn3)CCO2)n1. The van der Waals surface area contributed by atoms with E-state index < -0.39 is 0 Å². The summed E-state index contributed by atoms with van der Waals surface area (Å²) in [4.78, 5) is 28.8. The van der Waals surface area contributed by atoms with Gasteiger partial charge in [-0.25, -0.2) is 15.0 Å². The van der Waals surface area contributed by atoms with Crippen LogP contribution in [0.1, 0.15) is 17.6 Å². The number of nitrogens with zero attached hydrogens (tertiary/aromatic N) is 4. The molecule has 3 rings (SSSR count). The van der Waals surface area contributed by atoms with E-state index in [1.807, 2.05) is 6.07 Å². The van der Waals surface area contributed by atoms with Crippen molar-refractivity contribution in [3.8, 4) is 0 Å². The van der Waals surface area contributed by atoms with Gasteiger partial charge in [-0.3, -0.25) is 4.79 Å². The summed E-state index contributed by atoms with van der Waals surface area (Å²) in [6, 6.07) is 3.32. The van der Waals surface area contributed by atoms with Gasteiger partial charge in [0.15, 0.2) is 0 Å². The summed E-state index contributed by atoms with van der Waals surface area (Å²) >= 11 is 0. The van der Waals surface area contributed by atoms with Crippen LogP contribution in [0.25, 0.3) is 0 Å². The maximum absolute atomic E-state index is 11.5. The summed E-state index contributed by atoms with van der Waals surface area (Å²) in [5, 5.41) is 0. The van der Waals surface area contributed by atoms with Gasteiger partial charge < -0.3 is 14.6 Å². The Morgan fingerprint density at radius 3 is 3.15 bits per heavy atom. The first kappa shape index (κ1) is 12.7. The van der Waals surface area contributed by atoms with Gasteiger partial charge in [-0.1, -0.05) is 0 Å². The third-order valence-corrected chi connectivity index (χ3v) is 3.15.